The van der Waals surface area contributed by atoms with E-state index in [9.17, 15) is 14.4 Å². The van der Waals surface area contributed by atoms with Gasteiger partial charge < -0.3 is 25.8 Å². The lowest BCUT2D eigenvalue weighted by molar-refractivity contribution is -0.180. The Bertz CT molecular complexity index is 1150. The number of carbonyl (C=O) groups excluding carboxylic acids is 3. The Hall–Kier alpha value is -4.18. The Morgan fingerprint density at radius 2 is 1.89 bits per heavy atom. The first-order valence-electron chi connectivity index (χ1n) is 11.8. The van der Waals surface area contributed by atoms with E-state index in [0.717, 1.165) is 16.8 Å². The molecule has 4 amide bonds. The van der Waals surface area contributed by atoms with E-state index in [-0.39, 0.29) is 44.0 Å². The summed E-state index contributed by atoms with van der Waals surface area (Å²) in [5.74, 6) is -0.411. The van der Waals surface area contributed by atoms with Gasteiger partial charge in [0.2, 0.25) is 11.8 Å². The molecule has 2 fully saturated rings. The third-order valence-electron chi connectivity index (χ3n) is 6.43. The monoisotopic (exact) mass is 489 g/mol. The summed E-state index contributed by atoms with van der Waals surface area (Å²) in [6.45, 7) is 4.70. The summed E-state index contributed by atoms with van der Waals surface area (Å²) < 4.78 is 0. The van der Waals surface area contributed by atoms with Gasteiger partial charge in [0.1, 0.15) is 12.7 Å². The average Bonchev–Trinajstić information content (AvgIpc) is 2.89. The van der Waals surface area contributed by atoms with Crippen LogP contribution in [0.15, 0.2) is 61.2 Å². The lowest BCUT2D eigenvalue weighted by atomic mass is 10.0. The predicted octanol–water partition coefficient (Wildman–Crippen LogP) is 1.85. The molecule has 36 heavy (non-hydrogen) atoms. The van der Waals surface area contributed by atoms with Gasteiger partial charge in [-0.05, 0) is 17.2 Å². The molecule has 3 N–H and O–H groups in total. The first-order chi connectivity index (χ1) is 17.5. The van der Waals surface area contributed by atoms with Crippen molar-refractivity contribution in [3.8, 4) is 0 Å². The minimum atomic E-state index is -0.657. The molecule has 1 atom stereocenters. The van der Waals surface area contributed by atoms with Gasteiger partial charge in [-0.1, -0.05) is 48.5 Å². The molecule has 10 heteroatoms. The van der Waals surface area contributed by atoms with E-state index in [1.807, 2.05) is 48.5 Å². The number of rotatable bonds is 8. The SMILES string of the molecule is C=CCN1CC(=O)N2CC(=O)N(Cc3cccc(NC)c3C=N)CC2N1C(=O)NCc1ccccc1. The van der Waals surface area contributed by atoms with Crippen molar-refractivity contribution in [2.24, 2.45) is 0 Å². The molecule has 0 aromatic heterocycles. The van der Waals surface area contributed by atoms with E-state index < -0.39 is 6.17 Å². The molecule has 2 aromatic carbocycles. The molecule has 10 nitrogen and oxygen atoms in total. The molecule has 0 bridgehead atoms. The van der Waals surface area contributed by atoms with Gasteiger partial charge in [0.25, 0.3) is 0 Å². The van der Waals surface area contributed by atoms with E-state index in [2.05, 4.69) is 17.2 Å². The molecule has 1 unspecified atom stereocenters. The summed E-state index contributed by atoms with van der Waals surface area (Å²) in [4.78, 5) is 42.5. The number of nitrogens with zero attached hydrogens (tertiary/aromatic N) is 4. The number of carbonyl (C=O) groups is 3. The van der Waals surface area contributed by atoms with E-state index >= 15 is 0 Å². The van der Waals surface area contributed by atoms with E-state index in [4.69, 9.17) is 5.41 Å². The van der Waals surface area contributed by atoms with E-state index in [1.165, 1.54) is 16.1 Å². The molecule has 0 spiro atoms. The number of benzene rings is 2. The third-order valence-corrected chi connectivity index (χ3v) is 6.43. The van der Waals surface area contributed by atoms with Gasteiger partial charge in [-0.2, -0.15) is 0 Å². The van der Waals surface area contributed by atoms with Crippen molar-refractivity contribution in [3.05, 3.63) is 77.9 Å². The first kappa shape index (κ1) is 24.9. The molecule has 2 heterocycles. The first-order valence-corrected chi connectivity index (χ1v) is 11.8. The predicted molar refractivity (Wildman–Crippen MR) is 137 cm³/mol. The smallest absolute Gasteiger partial charge is 0.334 e. The maximum Gasteiger partial charge on any atom is 0.334 e. The summed E-state index contributed by atoms with van der Waals surface area (Å²) in [7, 11) is 1.78. The fourth-order valence-corrected chi connectivity index (χ4v) is 4.64. The van der Waals surface area contributed by atoms with Gasteiger partial charge in [-0.3, -0.25) is 9.59 Å². The molecule has 4 rings (SSSR count). The number of nitrogens with one attached hydrogen (secondary N) is 3. The lowest BCUT2D eigenvalue weighted by Gasteiger charge is -2.52. The number of fused-ring (bicyclic) bond motifs is 1. The highest BCUT2D eigenvalue weighted by Gasteiger charge is 2.46. The second-order valence-electron chi connectivity index (χ2n) is 8.67. The van der Waals surface area contributed by atoms with Crippen LogP contribution < -0.4 is 10.6 Å². The Kier molecular flexibility index (Phi) is 7.65. The van der Waals surface area contributed by atoms with Crippen LogP contribution in [0.4, 0.5) is 10.5 Å². The summed E-state index contributed by atoms with van der Waals surface area (Å²) in [6, 6.07) is 14.8. The highest BCUT2D eigenvalue weighted by Crippen LogP contribution is 2.25. The Balaban J connectivity index is 1.59. The number of anilines is 1. The number of hydrogen-bond acceptors (Lipinski definition) is 6. The van der Waals surface area contributed by atoms with Gasteiger partial charge in [0, 0.05) is 44.1 Å². The van der Waals surface area contributed by atoms with Crippen LogP contribution in [0.1, 0.15) is 16.7 Å². The van der Waals surface area contributed by atoms with Crippen LogP contribution in [0.5, 0.6) is 0 Å². The summed E-state index contributed by atoms with van der Waals surface area (Å²) in [6.07, 6.45) is 2.25. The number of hydrogen-bond donors (Lipinski definition) is 3. The maximum absolute atomic E-state index is 13.4. The average molecular weight is 490 g/mol. The topological polar surface area (TPSA) is 112 Å². The molecule has 2 saturated heterocycles. The van der Waals surface area contributed by atoms with Crippen LogP contribution in [0.3, 0.4) is 0 Å². The molecule has 2 aliphatic rings. The van der Waals surface area contributed by atoms with Crippen molar-refractivity contribution in [1.29, 1.82) is 5.41 Å². The second kappa shape index (κ2) is 11.0. The molecule has 0 saturated carbocycles. The van der Waals surface area contributed by atoms with Gasteiger partial charge >= 0.3 is 6.03 Å². The number of amides is 4. The van der Waals surface area contributed by atoms with Crippen molar-refractivity contribution in [3.63, 3.8) is 0 Å². The van der Waals surface area contributed by atoms with Crippen molar-refractivity contribution < 1.29 is 14.4 Å². The van der Waals surface area contributed by atoms with Crippen LogP contribution in [0.25, 0.3) is 0 Å². The van der Waals surface area contributed by atoms with Crippen LogP contribution in [0, 0.1) is 5.41 Å². The lowest BCUT2D eigenvalue weighted by Crippen LogP contribution is -2.73. The molecule has 2 aromatic rings. The molecular weight excluding hydrogens is 458 g/mol. The number of piperazine rings is 1. The van der Waals surface area contributed by atoms with Crippen molar-refractivity contribution in [2.45, 2.75) is 19.3 Å². The second-order valence-corrected chi connectivity index (χ2v) is 8.67. The Labute approximate surface area is 210 Å². The fourth-order valence-electron chi connectivity index (χ4n) is 4.64. The minimum Gasteiger partial charge on any atom is -0.388 e. The minimum absolute atomic E-state index is 0.0171. The summed E-state index contributed by atoms with van der Waals surface area (Å²) in [5, 5.41) is 17.1. The van der Waals surface area contributed by atoms with Gasteiger partial charge in [-0.15, -0.1) is 6.58 Å². The van der Waals surface area contributed by atoms with Crippen LogP contribution in [-0.4, -0.2) is 83.3 Å². The normalized spacial score (nSPS) is 18.0. The van der Waals surface area contributed by atoms with Crippen molar-refractivity contribution >= 4 is 29.7 Å². The molecule has 188 valence electrons. The van der Waals surface area contributed by atoms with E-state index in [0.29, 0.717) is 18.7 Å². The summed E-state index contributed by atoms with van der Waals surface area (Å²) >= 11 is 0. The Morgan fingerprint density at radius 3 is 2.58 bits per heavy atom. The molecular formula is C26H31N7O3. The zero-order valence-electron chi connectivity index (χ0n) is 20.3. The Morgan fingerprint density at radius 1 is 1.11 bits per heavy atom. The standard InChI is InChI=1S/C26H31N7O3/c1-3-12-31-17-25(35)32-18-24(34)30(15-20-10-7-11-22(28-2)21(20)13-27)16-23(32)33(31)26(36)29-14-19-8-5-4-6-9-19/h3-11,13,23,27-28H,1,12,14-18H2,2H3,(H,29,36). The van der Waals surface area contributed by atoms with Crippen molar-refractivity contribution in [1.82, 2.24) is 25.1 Å². The molecule has 0 radical (unpaired) electrons. The number of urea groups is 1. The van der Waals surface area contributed by atoms with Gasteiger partial charge in [0.05, 0.1) is 13.1 Å². The molecule has 0 aliphatic carbocycles. The van der Waals surface area contributed by atoms with Crippen molar-refractivity contribution in [2.75, 3.05) is 38.5 Å². The van der Waals surface area contributed by atoms with Crippen LogP contribution >= 0.6 is 0 Å². The zero-order valence-corrected chi connectivity index (χ0v) is 20.3. The number of hydrazine groups is 1. The van der Waals surface area contributed by atoms with Crippen LogP contribution in [0.2, 0.25) is 0 Å². The van der Waals surface area contributed by atoms with Gasteiger partial charge in [0.15, 0.2) is 0 Å². The van der Waals surface area contributed by atoms with Gasteiger partial charge in [-0.25, -0.2) is 14.8 Å². The maximum atomic E-state index is 13.4. The largest absolute Gasteiger partial charge is 0.388 e. The zero-order chi connectivity index (χ0) is 25.7. The fraction of sp³-hybridized carbons (Fsp3) is 0.308. The van der Waals surface area contributed by atoms with Crippen LogP contribution in [-0.2, 0) is 22.7 Å². The summed E-state index contributed by atoms with van der Waals surface area (Å²) in [5.41, 5.74) is 3.25. The van der Waals surface area contributed by atoms with E-state index in [1.54, 1.807) is 23.0 Å². The highest BCUT2D eigenvalue weighted by molar-refractivity contribution is 5.90. The quantitative estimate of drug-likeness (QED) is 0.387. The third kappa shape index (κ3) is 5.08. The molecule has 2 aliphatic heterocycles. The highest BCUT2D eigenvalue weighted by atomic mass is 16.2.